The zero-order chi connectivity index (χ0) is 20.1. The van der Waals surface area contributed by atoms with Gasteiger partial charge in [-0.25, -0.2) is 0 Å². The van der Waals surface area contributed by atoms with Crippen LogP contribution in [0.15, 0.2) is 53.9 Å². The van der Waals surface area contributed by atoms with Crippen molar-refractivity contribution >= 4 is 40.6 Å². The van der Waals surface area contributed by atoms with Gasteiger partial charge in [0.15, 0.2) is 5.16 Å². The Labute approximate surface area is 168 Å². The van der Waals surface area contributed by atoms with Gasteiger partial charge in [-0.1, -0.05) is 23.4 Å². The molecule has 0 fully saturated rings. The first-order chi connectivity index (χ1) is 13.5. The van der Waals surface area contributed by atoms with Gasteiger partial charge in [0.1, 0.15) is 17.1 Å². The molecule has 28 heavy (non-hydrogen) atoms. The topological polar surface area (TPSA) is 112 Å². The highest BCUT2D eigenvalue weighted by Gasteiger charge is 2.15. The van der Waals surface area contributed by atoms with Gasteiger partial charge in [0, 0.05) is 17.4 Å². The fourth-order valence-electron chi connectivity index (χ4n) is 2.30. The SMILES string of the molecule is COc1ccc(-n2cnnc2SCC(=O)Nc2ccc(Cl)c([N+](=O)[O-])c2)cc1. The number of carbonyl (C=O) groups is 1. The third kappa shape index (κ3) is 4.59. The molecule has 0 radical (unpaired) electrons. The number of nitro groups is 1. The Balaban J connectivity index is 1.65. The Morgan fingerprint density at radius 2 is 2.07 bits per heavy atom. The lowest BCUT2D eigenvalue weighted by atomic mass is 10.3. The van der Waals surface area contributed by atoms with E-state index in [2.05, 4.69) is 15.5 Å². The molecule has 0 spiro atoms. The molecule has 3 rings (SSSR count). The third-order valence-electron chi connectivity index (χ3n) is 3.63. The molecule has 9 nitrogen and oxygen atoms in total. The monoisotopic (exact) mass is 419 g/mol. The van der Waals surface area contributed by atoms with Crippen molar-refractivity contribution in [1.29, 1.82) is 0 Å². The third-order valence-corrected chi connectivity index (χ3v) is 4.89. The number of hydrogen-bond acceptors (Lipinski definition) is 7. The van der Waals surface area contributed by atoms with Gasteiger partial charge >= 0.3 is 0 Å². The standard InChI is InChI=1S/C17H14ClN5O4S/c1-27-13-5-3-12(4-6-13)22-10-19-21-17(22)28-9-16(24)20-11-2-7-14(18)15(8-11)23(25)26/h2-8,10H,9H2,1H3,(H,20,24). The van der Waals surface area contributed by atoms with Crippen molar-refractivity contribution in [2.45, 2.75) is 5.16 Å². The van der Waals surface area contributed by atoms with E-state index in [1.165, 1.54) is 30.0 Å². The second-order valence-corrected chi connectivity index (χ2v) is 6.79. The first kappa shape index (κ1) is 19.6. The summed E-state index contributed by atoms with van der Waals surface area (Å²) in [5.74, 6) is 0.430. The van der Waals surface area contributed by atoms with Gasteiger partial charge in [-0.15, -0.1) is 10.2 Å². The van der Waals surface area contributed by atoms with Crippen molar-refractivity contribution in [3.63, 3.8) is 0 Å². The number of nitrogens with one attached hydrogen (secondary N) is 1. The predicted octanol–water partition coefficient (Wildman–Crippen LogP) is 3.57. The molecule has 0 atom stereocenters. The minimum Gasteiger partial charge on any atom is -0.497 e. The summed E-state index contributed by atoms with van der Waals surface area (Å²) in [6, 6.07) is 11.4. The summed E-state index contributed by atoms with van der Waals surface area (Å²) in [5.41, 5.74) is 0.840. The van der Waals surface area contributed by atoms with Crippen LogP contribution in [0.4, 0.5) is 11.4 Å². The lowest BCUT2D eigenvalue weighted by Gasteiger charge is -2.08. The van der Waals surface area contributed by atoms with E-state index in [4.69, 9.17) is 16.3 Å². The predicted molar refractivity (Wildman–Crippen MR) is 105 cm³/mol. The average molecular weight is 420 g/mol. The second kappa shape index (κ2) is 8.72. The number of benzene rings is 2. The Hall–Kier alpha value is -3.11. The van der Waals surface area contributed by atoms with Crippen molar-refractivity contribution in [2.24, 2.45) is 0 Å². The highest BCUT2D eigenvalue weighted by Crippen LogP contribution is 2.27. The number of methoxy groups -OCH3 is 1. The van der Waals surface area contributed by atoms with Crippen molar-refractivity contribution in [2.75, 3.05) is 18.2 Å². The highest BCUT2D eigenvalue weighted by molar-refractivity contribution is 7.99. The number of nitro benzene ring substituents is 1. The van der Waals surface area contributed by atoms with E-state index in [-0.39, 0.29) is 22.4 Å². The van der Waals surface area contributed by atoms with E-state index < -0.39 is 4.92 Å². The maximum atomic E-state index is 12.2. The number of hydrogen-bond donors (Lipinski definition) is 1. The van der Waals surface area contributed by atoms with E-state index in [0.717, 1.165) is 11.4 Å². The molecule has 0 saturated carbocycles. The maximum Gasteiger partial charge on any atom is 0.289 e. The molecule has 1 N–H and O–H groups in total. The van der Waals surface area contributed by atoms with Crippen molar-refractivity contribution in [3.8, 4) is 11.4 Å². The lowest BCUT2D eigenvalue weighted by molar-refractivity contribution is -0.384. The molecule has 1 amide bonds. The van der Waals surface area contributed by atoms with Crippen molar-refractivity contribution < 1.29 is 14.5 Å². The number of anilines is 1. The average Bonchev–Trinajstić information content (AvgIpc) is 3.16. The minimum absolute atomic E-state index is 0.00460. The Morgan fingerprint density at radius 3 is 2.75 bits per heavy atom. The van der Waals surface area contributed by atoms with Crippen LogP contribution in [-0.4, -0.2) is 38.5 Å². The first-order valence-corrected chi connectivity index (χ1v) is 9.25. The number of rotatable bonds is 7. The minimum atomic E-state index is -0.607. The van der Waals surface area contributed by atoms with Crippen LogP contribution in [0.5, 0.6) is 5.75 Å². The molecule has 144 valence electrons. The summed E-state index contributed by atoms with van der Waals surface area (Å²) in [5, 5.41) is 22.0. The van der Waals surface area contributed by atoms with Gasteiger partial charge in [0.25, 0.3) is 5.69 Å². The summed E-state index contributed by atoms with van der Waals surface area (Å²) >= 11 is 6.95. The molecule has 11 heteroatoms. The number of aromatic nitrogens is 3. The normalized spacial score (nSPS) is 10.5. The molecule has 0 saturated heterocycles. The number of carbonyl (C=O) groups excluding carboxylic acids is 1. The zero-order valence-corrected chi connectivity index (χ0v) is 16.1. The van der Waals surface area contributed by atoms with E-state index in [1.54, 1.807) is 18.0 Å². The zero-order valence-electron chi connectivity index (χ0n) is 14.5. The number of ether oxygens (including phenoxy) is 1. The van der Waals surface area contributed by atoms with E-state index in [1.807, 2.05) is 24.3 Å². The van der Waals surface area contributed by atoms with Crippen LogP contribution >= 0.6 is 23.4 Å². The fourth-order valence-corrected chi connectivity index (χ4v) is 3.22. The summed E-state index contributed by atoms with van der Waals surface area (Å²) in [6.07, 6.45) is 1.55. The molecule has 1 heterocycles. The van der Waals surface area contributed by atoms with Gasteiger partial charge in [0.05, 0.1) is 17.8 Å². The smallest absolute Gasteiger partial charge is 0.289 e. The Bertz CT molecular complexity index is 1010. The quantitative estimate of drug-likeness (QED) is 0.354. The Kier molecular flexibility index (Phi) is 6.12. The van der Waals surface area contributed by atoms with Crippen molar-refractivity contribution in [3.05, 3.63) is 63.9 Å². The van der Waals surface area contributed by atoms with Gasteiger partial charge in [-0.2, -0.15) is 0 Å². The van der Waals surface area contributed by atoms with Crippen LogP contribution in [0, 0.1) is 10.1 Å². The van der Waals surface area contributed by atoms with Crippen molar-refractivity contribution in [1.82, 2.24) is 14.8 Å². The molecule has 0 unspecified atom stereocenters. The van der Waals surface area contributed by atoms with Crippen LogP contribution in [0.25, 0.3) is 5.69 Å². The summed E-state index contributed by atoms with van der Waals surface area (Å²) in [4.78, 5) is 22.5. The largest absolute Gasteiger partial charge is 0.497 e. The first-order valence-electron chi connectivity index (χ1n) is 7.89. The number of halogens is 1. The second-order valence-electron chi connectivity index (χ2n) is 5.44. The van der Waals surface area contributed by atoms with Crippen LogP contribution < -0.4 is 10.1 Å². The molecule has 2 aromatic carbocycles. The van der Waals surface area contributed by atoms with Crippen LogP contribution in [0.1, 0.15) is 0 Å². The molecule has 0 aliphatic carbocycles. The number of thioether (sulfide) groups is 1. The Morgan fingerprint density at radius 1 is 1.32 bits per heavy atom. The summed E-state index contributed by atoms with van der Waals surface area (Å²) in [7, 11) is 1.59. The molecule has 1 aromatic heterocycles. The van der Waals surface area contributed by atoms with Gasteiger partial charge in [-0.3, -0.25) is 19.5 Å². The van der Waals surface area contributed by atoms with E-state index in [0.29, 0.717) is 10.8 Å². The molecule has 3 aromatic rings. The van der Waals surface area contributed by atoms with Gasteiger partial charge in [-0.05, 0) is 36.4 Å². The fraction of sp³-hybridized carbons (Fsp3) is 0.118. The van der Waals surface area contributed by atoms with Crippen LogP contribution in [0.3, 0.4) is 0 Å². The van der Waals surface area contributed by atoms with Crippen LogP contribution in [0.2, 0.25) is 5.02 Å². The number of nitrogens with zero attached hydrogens (tertiary/aromatic N) is 4. The molecule has 0 bridgehead atoms. The highest BCUT2D eigenvalue weighted by atomic mass is 35.5. The molecular weight excluding hydrogens is 406 g/mol. The molecular formula is C17H14ClN5O4S. The van der Waals surface area contributed by atoms with Gasteiger partial charge in [0.2, 0.25) is 5.91 Å². The molecule has 0 aliphatic heterocycles. The summed E-state index contributed by atoms with van der Waals surface area (Å²) < 4.78 is 6.87. The van der Waals surface area contributed by atoms with E-state index >= 15 is 0 Å². The molecule has 0 aliphatic rings. The number of amides is 1. The summed E-state index contributed by atoms with van der Waals surface area (Å²) in [6.45, 7) is 0. The lowest BCUT2D eigenvalue weighted by Crippen LogP contribution is -2.14. The van der Waals surface area contributed by atoms with E-state index in [9.17, 15) is 14.9 Å². The van der Waals surface area contributed by atoms with Crippen LogP contribution in [-0.2, 0) is 4.79 Å². The van der Waals surface area contributed by atoms with Gasteiger partial charge < -0.3 is 10.1 Å². The maximum absolute atomic E-state index is 12.2.